The van der Waals surface area contributed by atoms with Crippen molar-refractivity contribution in [3.05, 3.63) is 24.0 Å². The van der Waals surface area contributed by atoms with Crippen LogP contribution < -0.4 is 0 Å². The molecule has 0 aliphatic carbocycles. The van der Waals surface area contributed by atoms with Crippen LogP contribution >= 0.6 is 0 Å². The van der Waals surface area contributed by atoms with Gasteiger partial charge in [0.1, 0.15) is 5.75 Å². The summed E-state index contributed by atoms with van der Waals surface area (Å²) >= 11 is 0. The third kappa shape index (κ3) is 2.55. The van der Waals surface area contributed by atoms with Crippen molar-refractivity contribution in [3.63, 3.8) is 0 Å². The van der Waals surface area contributed by atoms with Gasteiger partial charge in [0.05, 0.1) is 17.9 Å². The van der Waals surface area contributed by atoms with E-state index in [1.807, 2.05) is 0 Å². The van der Waals surface area contributed by atoms with Crippen molar-refractivity contribution in [1.82, 2.24) is 9.88 Å². The van der Waals surface area contributed by atoms with Crippen LogP contribution in [0.25, 0.3) is 0 Å². The second-order valence-corrected chi connectivity index (χ2v) is 4.12. The molecule has 1 fully saturated rings. The fourth-order valence-corrected chi connectivity index (χ4v) is 2.03. The first-order chi connectivity index (χ1) is 8.22. The minimum atomic E-state index is -0.139. The zero-order chi connectivity index (χ0) is 12.3. The summed E-state index contributed by atoms with van der Waals surface area (Å²) in [5, 5.41) is 9.58. The highest BCUT2D eigenvalue weighted by Gasteiger charge is 2.24. The Labute approximate surface area is 100 Å². The predicted octanol–water partition coefficient (Wildman–Crippen LogP) is 1.04. The van der Waals surface area contributed by atoms with Crippen LogP contribution in [-0.2, 0) is 4.74 Å². The van der Waals surface area contributed by atoms with Gasteiger partial charge in [-0.15, -0.1) is 0 Å². The Morgan fingerprint density at radius 1 is 1.53 bits per heavy atom. The molecule has 1 N–H and O–H groups in total. The van der Waals surface area contributed by atoms with E-state index in [1.54, 1.807) is 18.1 Å². The molecule has 5 heteroatoms. The van der Waals surface area contributed by atoms with Crippen molar-refractivity contribution >= 4 is 5.91 Å². The number of ether oxygens (including phenoxy) is 1. The number of rotatable bonds is 2. The highest BCUT2D eigenvalue weighted by molar-refractivity contribution is 5.96. The maximum atomic E-state index is 12.1. The molecule has 0 bridgehead atoms. The van der Waals surface area contributed by atoms with Crippen LogP contribution in [0.5, 0.6) is 5.75 Å². The molecule has 1 aromatic rings. The van der Waals surface area contributed by atoms with Gasteiger partial charge in [-0.2, -0.15) is 0 Å². The average molecular weight is 236 g/mol. The standard InChI is InChI=1S/C12H16N2O3/c1-17-9-3-6-14(7-4-9)12(16)10-2-5-13-8-11(10)15/h2,5,8-9,15H,3-4,6-7H2,1H3. The van der Waals surface area contributed by atoms with Gasteiger partial charge >= 0.3 is 0 Å². The molecule has 5 nitrogen and oxygen atoms in total. The van der Waals surface area contributed by atoms with Gasteiger partial charge in [0.15, 0.2) is 0 Å². The zero-order valence-corrected chi connectivity index (χ0v) is 9.80. The maximum absolute atomic E-state index is 12.1. The smallest absolute Gasteiger partial charge is 0.257 e. The summed E-state index contributed by atoms with van der Waals surface area (Å²) < 4.78 is 5.25. The molecule has 0 spiro atoms. The Hall–Kier alpha value is -1.62. The molecule has 0 unspecified atom stereocenters. The molecule has 1 amide bonds. The number of piperidine rings is 1. The van der Waals surface area contributed by atoms with Crippen molar-refractivity contribution in [2.75, 3.05) is 20.2 Å². The number of amides is 1. The summed E-state index contributed by atoms with van der Waals surface area (Å²) in [7, 11) is 1.69. The Morgan fingerprint density at radius 2 is 2.24 bits per heavy atom. The molecule has 0 radical (unpaired) electrons. The minimum absolute atomic E-state index is 0.0636. The van der Waals surface area contributed by atoms with E-state index in [9.17, 15) is 9.90 Å². The summed E-state index contributed by atoms with van der Waals surface area (Å²) in [6.45, 7) is 1.33. The van der Waals surface area contributed by atoms with Crippen LogP contribution in [0.4, 0.5) is 0 Å². The lowest BCUT2D eigenvalue weighted by atomic mass is 10.1. The lowest BCUT2D eigenvalue weighted by Crippen LogP contribution is -2.40. The van der Waals surface area contributed by atoms with Crippen LogP contribution in [0.3, 0.4) is 0 Å². The summed E-state index contributed by atoms with van der Waals surface area (Å²) in [5.74, 6) is -0.203. The molecule has 1 aliphatic heterocycles. The quantitative estimate of drug-likeness (QED) is 0.833. The molecular weight excluding hydrogens is 220 g/mol. The molecule has 2 rings (SSSR count). The summed E-state index contributed by atoms with van der Waals surface area (Å²) in [4.78, 5) is 17.6. The van der Waals surface area contributed by atoms with Gasteiger partial charge in [-0.05, 0) is 18.9 Å². The molecule has 1 aromatic heterocycles. The van der Waals surface area contributed by atoms with Crippen molar-refractivity contribution in [2.24, 2.45) is 0 Å². The van der Waals surface area contributed by atoms with Crippen molar-refractivity contribution in [2.45, 2.75) is 18.9 Å². The molecule has 0 aromatic carbocycles. The van der Waals surface area contributed by atoms with E-state index in [1.165, 1.54) is 12.4 Å². The summed E-state index contributed by atoms with van der Waals surface area (Å²) in [5.41, 5.74) is 0.316. The van der Waals surface area contributed by atoms with Crippen LogP contribution in [0.1, 0.15) is 23.2 Å². The van der Waals surface area contributed by atoms with Crippen LogP contribution in [0, 0.1) is 0 Å². The second-order valence-electron chi connectivity index (χ2n) is 4.12. The van der Waals surface area contributed by atoms with Crippen molar-refractivity contribution < 1.29 is 14.6 Å². The molecule has 0 atom stereocenters. The molecule has 1 saturated heterocycles. The van der Waals surface area contributed by atoms with Gasteiger partial charge < -0.3 is 14.7 Å². The zero-order valence-electron chi connectivity index (χ0n) is 9.80. The third-order valence-electron chi connectivity index (χ3n) is 3.09. The number of pyridine rings is 1. The normalized spacial score (nSPS) is 17.1. The fraction of sp³-hybridized carbons (Fsp3) is 0.500. The van der Waals surface area contributed by atoms with Crippen molar-refractivity contribution in [3.8, 4) is 5.75 Å². The SMILES string of the molecule is COC1CCN(C(=O)c2ccncc2O)CC1. The largest absolute Gasteiger partial charge is 0.505 e. The Kier molecular flexibility index (Phi) is 3.58. The first kappa shape index (κ1) is 11.9. The molecule has 0 saturated carbocycles. The van der Waals surface area contributed by atoms with Gasteiger partial charge in [-0.3, -0.25) is 9.78 Å². The fourth-order valence-electron chi connectivity index (χ4n) is 2.03. The van der Waals surface area contributed by atoms with Crippen LogP contribution in [-0.4, -0.2) is 47.2 Å². The van der Waals surface area contributed by atoms with Gasteiger partial charge in [-0.1, -0.05) is 0 Å². The van der Waals surface area contributed by atoms with Crippen LogP contribution in [0.2, 0.25) is 0 Å². The van der Waals surface area contributed by atoms with E-state index in [0.29, 0.717) is 18.7 Å². The number of aromatic nitrogens is 1. The van der Waals surface area contributed by atoms with E-state index in [-0.39, 0.29) is 17.8 Å². The monoisotopic (exact) mass is 236 g/mol. The number of hydrogen-bond donors (Lipinski definition) is 1. The Balaban J connectivity index is 2.04. The number of carbonyl (C=O) groups excluding carboxylic acids is 1. The lowest BCUT2D eigenvalue weighted by molar-refractivity contribution is 0.0349. The van der Waals surface area contributed by atoms with E-state index in [4.69, 9.17) is 4.74 Å². The maximum Gasteiger partial charge on any atom is 0.257 e. The van der Waals surface area contributed by atoms with Gasteiger partial charge in [-0.25, -0.2) is 0 Å². The van der Waals surface area contributed by atoms with E-state index >= 15 is 0 Å². The van der Waals surface area contributed by atoms with Crippen LogP contribution in [0.15, 0.2) is 18.5 Å². The van der Waals surface area contributed by atoms with E-state index < -0.39 is 0 Å². The molecule has 1 aliphatic rings. The lowest BCUT2D eigenvalue weighted by Gasteiger charge is -2.31. The molecular formula is C12H16N2O3. The summed E-state index contributed by atoms with van der Waals surface area (Å²) in [6.07, 6.45) is 4.72. The van der Waals surface area contributed by atoms with E-state index in [2.05, 4.69) is 4.98 Å². The molecule has 92 valence electrons. The average Bonchev–Trinajstić information content (AvgIpc) is 2.39. The minimum Gasteiger partial charge on any atom is -0.505 e. The predicted molar refractivity (Wildman–Crippen MR) is 61.8 cm³/mol. The van der Waals surface area contributed by atoms with Crippen molar-refractivity contribution in [1.29, 1.82) is 0 Å². The highest BCUT2D eigenvalue weighted by Crippen LogP contribution is 2.20. The van der Waals surface area contributed by atoms with Gasteiger partial charge in [0.25, 0.3) is 5.91 Å². The first-order valence-electron chi connectivity index (χ1n) is 5.67. The second kappa shape index (κ2) is 5.14. The number of nitrogens with zero attached hydrogens (tertiary/aromatic N) is 2. The number of methoxy groups -OCH3 is 1. The number of likely N-dealkylation sites (tertiary alicyclic amines) is 1. The first-order valence-corrected chi connectivity index (χ1v) is 5.67. The Bertz CT molecular complexity index is 400. The Morgan fingerprint density at radius 3 is 2.82 bits per heavy atom. The molecule has 2 heterocycles. The van der Waals surface area contributed by atoms with Gasteiger partial charge in [0, 0.05) is 26.4 Å². The number of aromatic hydroxyl groups is 1. The van der Waals surface area contributed by atoms with Gasteiger partial charge in [0.2, 0.25) is 0 Å². The highest BCUT2D eigenvalue weighted by atomic mass is 16.5. The van der Waals surface area contributed by atoms with E-state index in [0.717, 1.165) is 12.8 Å². The third-order valence-corrected chi connectivity index (χ3v) is 3.09. The summed E-state index contributed by atoms with van der Waals surface area (Å²) in [6, 6.07) is 1.54. The number of hydrogen-bond acceptors (Lipinski definition) is 4. The topological polar surface area (TPSA) is 62.7 Å². The number of carbonyl (C=O) groups is 1. The molecule has 17 heavy (non-hydrogen) atoms.